The van der Waals surface area contributed by atoms with Crippen LogP contribution in [0.15, 0.2) is 12.2 Å². The third kappa shape index (κ3) is 42.3. The molecule has 18 heteroatoms. The first-order valence-electron chi connectivity index (χ1n) is 36.3. The van der Waals surface area contributed by atoms with E-state index in [9.17, 15) is 34.2 Å². The number of aliphatic hydroxyl groups excluding tert-OH is 1. The second-order valence-electron chi connectivity index (χ2n) is 25.0. The molecule has 0 bridgehead atoms. The molecule has 2 saturated heterocycles. The van der Waals surface area contributed by atoms with Gasteiger partial charge in [0.1, 0.15) is 55.4 Å². The van der Waals surface area contributed by atoms with E-state index >= 15 is 0 Å². The maximum absolute atomic E-state index is 14.1. The number of methoxy groups -OCH3 is 1. The third-order valence-electron chi connectivity index (χ3n) is 16.9. The van der Waals surface area contributed by atoms with Crippen LogP contribution in [0.4, 0.5) is 0 Å². The molecule has 0 aliphatic carbocycles. The molecule has 11 atom stereocenters. The summed E-state index contributed by atoms with van der Waals surface area (Å²) in [6.45, 7) is 6.94. The highest BCUT2D eigenvalue weighted by Gasteiger charge is 2.53. The van der Waals surface area contributed by atoms with E-state index in [2.05, 4.69) is 45.2 Å². The average Bonchev–Trinajstić information content (AvgIpc) is 1.50. The number of ether oxygens (including phenoxy) is 8. The number of carboxylic acid groups (broad SMARTS) is 1. The summed E-state index contributed by atoms with van der Waals surface area (Å²) in [6, 6.07) is -1.17. The highest BCUT2D eigenvalue weighted by Crippen LogP contribution is 2.43. The Hall–Kier alpha value is -1.57. The lowest BCUT2D eigenvalue weighted by Gasteiger charge is -2.47. The van der Waals surface area contributed by atoms with Gasteiger partial charge in [-0.25, -0.2) is 9.36 Å². The Kier molecular flexibility index (Phi) is 51.3. The zero-order valence-electron chi connectivity index (χ0n) is 56.8. The van der Waals surface area contributed by atoms with Gasteiger partial charge in [-0.1, -0.05) is 265 Å². The molecule has 514 valence electrons. The van der Waals surface area contributed by atoms with Gasteiger partial charge in [-0.2, -0.15) is 0 Å². The molecule has 87 heavy (non-hydrogen) atoms. The van der Waals surface area contributed by atoms with Crippen molar-refractivity contribution in [2.45, 2.75) is 372 Å². The zero-order chi connectivity index (χ0) is 64.1. The molecule has 2 rings (SSSR count). The third-order valence-corrected chi connectivity index (χ3v) is 17.5. The van der Waals surface area contributed by atoms with Gasteiger partial charge in [0.05, 0.1) is 14.6 Å². The van der Waals surface area contributed by atoms with Gasteiger partial charge < -0.3 is 63.2 Å². The van der Waals surface area contributed by atoms with Gasteiger partial charge in [-0.05, 0) is 51.4 Å². The Morgan fingerprint density at radius 3 is 1.36 bits per heavy atom. The van der Waals surface area contributed by atoms with Gasteiger partial charge in [-0.3, -0.25) is 9.32 Å². The lowest BCUT2D eigenvalue weighted by molar-refractivity contribution is -0.330. The number of carbonyl (C=O) groups excluding carboxylic acids is 1. The molecule has 0 saturated carbocycles. The lowest BCUT2D eigenvalue weighted by atomic mass is 9.95. The average molecular weight is 1260 g/mol. The quantitative estimate of drug-likeness (QED) is 0.0217. The number of hydrogen-bond donors (Lipinski definition) is 5. The number of hydrogen-bond acceptors (Lipinski definition) is 13. The summed E-state index contributed by atoms with van der Waals surface area (Å²) in [5.74, 6) is -1.59. The fourth-order valence-corrected chi connectivity index (χ4v) is 12.3. The number of aliphatic hydroxyl groups is 1. The molecule has 1 amide bonds. The number of rotatable bonds is 62. The van der Waals surface area contributed by atoms with Crippen LogP contribution >= 0.6 is 7.82 Å². The summed E-state index contributed by atoms with van der Waals surface area (Å²) in [5, 5.41) is 25.3. The minimum Gasteiger partial charge on any atom is -0.480 e. The molecule has 17 nitrogen and oxygen atoms in total. The molecule has 2 aliphatic heterocycles. The Morgan fingerprint density at radius 1 is 0.483 bits per heavy atom. The van der Waals surface area contributed by atoms with E-state index in [1.807, 2.05) is 0 Å². The Bertz CT molecular complexity index is 1700. The number of carbonyl (C=O) groups is 2. The standard InChI is InChI=1S/C69H132NO16P/c1-6-10-14-18-22-26-29-31-32-33-34-36-39-43-47-51-60(71)70-62-65(79-52-48-44-40-25-21-17-13-9-4)64(86-87(75,76)77)59(55-78-5)85-68(62)82-56-58-63(74)66(80-53-49-45-41-37-28-24-20-16-12-8-3)67(69(84-58)83-57-61(72)73)81-54-50-46-42-38-35-30-27-23-19-15-11-7-2/h26,29,58-59,62-69,74H,6-25,27-28,30-57H2,1-5H3,(H,70,71)(H,72,73)(H2,75,76,77)/b29-26-/t58-,59-,62-,63-,64-,65-,66+,67-,68-,69?/m1/s1/i54D/t54?,58-,59-,62-,63-,64-,65-,66+,67-,68-,69?. The predicted octanol–water partition coefficient (Wildman–Crippen LogP) is 16.5. The lowest BCUT2D eigenvalue weighted by Crippen LogP contribution is -2.67. The van der Waals surface area contributed by atoms with E-state index in [4.69, 9.17) is 43.8 Å². The highest BCUT2D eigenvalue weighted by molar-refractivity contribution is 7.46. The summed E-state index contributed by atoms with van der Waals surface area (Å²) in [6.07, 6.45) is 40.3. The molecule has 0 aromatic rings. The van der Waals surface area contributed by atoms with Gasteiger partial charge in [-0.15, -0.1) is 0 Å². The Labute approximate surface area is 531 Å². The zero-order valence-corrected chi connectivity index (χ0v) is 56.7. The van der Waals surface area contributed by atoms with Crippen molar-refractivity contribution in [3.05, 3.63) is 12.2 Å². The van der Waals surface area contributed by atoms with Crippen LogP contribution in [0.5, 0.6) is 0 Å². The number of carboxylic acids is 1. The number of aliphatic carboxylic acids is 1. The van der Waals surface area contributed by atoms with E-state index in [1.165, 1.54) is 136 Å². The van der Waals surface area contributed by atoms with E-state index in [0.717, 1.165) is 122 Å². The van der Waals surface area contributed by atoms with E-state index < -0.39 is 94.9 Å². The minimum atomic E-state index is -5.17. The topological polar surface area (TPSA) is 227 Å². The van der Waals surface area contributed by atoms with Crippen molar-refractivity contribution in [3.63, 3.8) is 0 Å². The summed E-state index contributed by atoms with van der Waals surface area (Å²) < 4.78 is 77.5. The predicted molar refractivity (Wildman–Crippen MR) is 348 cm³/mol. The molecule has 5 N–H and O–H groups in total. The number of unbranched alkanes of at least 4 members (excludes halogenated alkanes) is 37. The number of amides is 1. The first kappa shape index (κ1) is 79.7. The SMILES string of the molecule is [2H]C(CCCCCCCCCCCCC)O[C@H]1C(OCC(=O)O)O[C@H](CO[C@@H]2O[C@H](COC)[C@@H](OP(=O)(O)O)[C@H](OCCCCCCCCCC)[C@H]2NC(=O)CCCCCCCCC/C=C\CCCCCC)[C@@H](O)[C@@H]1OCCCCCCCCCCCC. The van der Waals surface area contributed by atoms with Gasteiger partial charge in [0.25, 0.3) is 0 Å². The molecule has 2 unspecified atom stereocenters. The van der Waals surface area contributed by atoms with Crippen molar-refractivity contribution in [2.24, 2.45) is 0 Å². The van der Waals surface area contributed by atoms with E-state index in [-0.39, 0.29) is 32.1 Å². The number of allylic oxidation sites excluding steroid dienone is 2. The summed E-state index contributed by atoms with van der Waals surface area (Å²) in [4.78, 5) is 46.8. The Morgan fingerprint density at radius 2 is 0.897 bits per heavy atom. The van der Waals surface area contributed by atoms with Gasteiger partial charge in [0.15, 0.2) is 12.6 Å². The molecule has 0 radical (unpaired) electrons. The second-order valence-corrected chi connectivity index (χ2v) is 26.2. The van der Waals surface area contributed by atoms with Crippen molar-refractivity contribution in [1.29, 1.82) is 0 Å². The Balaban J connectivity index is 2.37. The van der Waals surface area contributed by atoms with Crippen LogP contribution in [0.3, 0.4) is 0 Å². The molecule has 0 spiro atoms. The van der Waals surface area contributed by atoms with Crippen molar-refractivity contribution in [2.75, 3.05) is 46.7 Å². The van der Waals surface area contributed by atoms with Crippen molar-refractivity contribution in [1.82, 2.24) is 5.32 Å². The molecule has 2 fully saturated rings. The normalized spacial score (nSPS) is 23.1. The summed E-state index contributed by atoms with van der Waals surface area (Å²) in [7, 11) is -3.75. The van der Waals surface area contributed by atoms with Crippen LogP contribution < -0.4 is 5.32 Å². The van der Waals surface area contributed by atoms with Crippen molar-refractivity contribution >= 4 is 19.7 Å². The van der Waals surface area contributed by atoms with E-state index in [0.29, 0.717) is 25.7 Å². The van der Waals surface area contributed by atoms with Gasteiger partial charge in [0, 0.05) is 33.3 Å². The van der Waals surface area contributed by atoms with Crippen LogP contribution in [0, 0.1) is 0 Å². The van der Waals surface area contributed by atoms with Crippen LogP contribution in [0.1, 0.15) is 312 Å². The van der Waals surface area contributed by atoms with Crippen LogP contribution in [-0.4, -0.2) is 140 Å². The van der Waals surface area contributed by atoms with Gasteiger partial charge >= 0.3 is 13.8 Å². The maximum atomic E-state index is 14.1. The van der Waals surface area contributed by atoms with Crippen LogP contribution in [0.2, 0.25) is 0 Å². The molecular formula is C69H132NO16P. The van der Waals surface area contributed by atoms with Gasteiger partial charge in [0.2, 0.25) is 5.91 Å². The molecular weight excluding hydrogens is 1130 g/mol. The second kappa shape index (κ2) is 56.0. The largest absolute Gasteiger partial charge is 0.480 e. The van der Waals surface area contributed by atoms with Crippen LogP contribution in [0.25, 0.3) is 0 Å². The maximum Gasteiger partial charge on any atom is 0.470 e. The molecule has 2 heterocycles. The first-order chi connectivity index (χ1) is 42.8. The summed E-state index contributed by atoms with van der Waals surface area (Å²) in [5.41, 5.74) is 0. The first-order valence-corrected chi connectivity index (χ1v) is 37.2. The molecule has 0 aromatic carbocycles. The minimum absolute atomic E-state index is 0.172. The molecule has 0 aromatic heterocycles. The van der Waals surface area contributed by atoms with Crippen molar-refractivity contribution in [3.8, 4) is 0 Å². The summed E-state index contributed by atoms with van der Waals surface area (Å²) >= 11 is 0. The van der Waals surface area contributed by atoms with E-state index in [1.54, 1.807) is 0 Å². The highest BCUT2D eigenvalue weighted by atomic mass is 31.2. The van der Waals surface area contributed by atoms with Crippen molar-refractivity contribution < 1.29 is 77.9 Å². The fraction of sp³-hybridized carbons (Fsp3) is 0.942. The number of nitrogens with one attached hydrogen (secondary N) is 1. The monoisotopic (exact) mass is 1260 g/mol. The fourth-order valence-electron chi connectivity index (χ4n) is 11.8. The smallest absolute Gasteiger partial charge is 0.470 e. The van der Waals surface area contributed by atoms with Crippen LogP contribution in [-0.2, 0) is 56.6 Å². The number of phosphoric acid groups is 1. The number of phosphoric ester groups is 1. The molecule has 2 aliphatic rings.